The van der Waals surface area contributed by atoms with Gasteiger partial charge in [0.1, 0.15) is 0 Å². The number of hydrogen-bond donors (Lipinski definition) is 0. The second-order valence-corrected chi connectivity index (χ2v) is 3.65. The summed E-state index contributed by atoms with van der Waals surface area (Å²) in [6, 6.07) is 2.12. The molecule has 0 aliphatic heterocycles. The molecule has 1 aliphatic carbocycles. The largest absolute Gasteiger partial charge is 0.270 e. The van der Waals surface area contributed by atoms with Gasteiger partial charge in [-0.05, 0) is 31.7 Å². The third kappa shape index (κ3) is 1.95. The molecule has 1 unspecified atom stereocenters. The van der Waals surface area contributed by atoms with E-state index >= 15 is 0 Å². The summed E-state index contributed by atoms with van der Waals surface area (Å²) in [5.74, 6) is 0.655. The Kier molecular flexibility index (Phi) is 2.82. The minimum absolute atomic E-state index is 0.655. The van der Waals surface area contributed by atoms with E-state index < -0.39 is 0 Å². The van der Waals surface area contributed by atoms with E-state index in [0.29, 0.717) is 5.92 Å². The molecule has 0 aromatic carbocycles. The molecule has 1 atom stereocenters. The van der Waals surface area contributed by atoms with Crippen LogP contribution in [0.1, 0.15) is 19.0 Å². The fourth-order valence-electron chi connectivity index (χ4n) is 1.87. The van der Waals surface area contributed by atoms with Gasteiger partial charge in [0.2, 0.25) is 0 Å². The number of aromatic nitrogens is 2. The molecule has 2 rings (SSSR count). The topological polar surface area (TPSA) is 17.8 Å². The number of nitrogens with zero attached hydrogens (tertiary/aromatic N) is 2. The lowest BCUT2D eigenvalue weighted by atomic mass is 9.96. The van der Waals surface area contributed by atoms with Crippen LogP contribution >= 0.6 is 0 Å². The van der Waals surface area contributed by atoms with E-state index in [1.165, 1.54) is 5.69 Å². The summed E-state index contributed by atoms with van der Waals surface area (Å²) >= 11 is 0. The van der Waals surface area contributed by atoms with Crippen LogP contribution in [0.3, 0.4) is 0 Å². The first-order valence-corrected chi connectivity index (χ1v) is 5.24. The summed E-state index contributed by atoms with van der Waals surface area (Å²) in [6.45, 7) is 3.10. The van der Waals surface area contributed by atoms with Gasteiger partial charge in [0.15, 0.2) is 0 Å². The summed E-state index contributed by atoms with van der Waals surface area (Å²) in [5, 5.41) is 4.27. The van der Waals surface area contributed by atoms with Gasteiger partial charge in [-0.15, -0.1) is 0 Å². The van der Waals surface area contributed by atoms with Crippen molar-refractivity contribution < 1.29 is 0 Å². The Hall–Kier alpha value is -1.31. The van der Waals surface area contributed by atoms with Gasteiger partial charge in [0, 0.05) is 18.4 Å². The zero-order valence-corrected chi connectivity index (χ0v) is 8.56. The van der Waals surface area contributed by atoms with Gasteiger partial charge in [0.25, 0.3) is 0 Å². The molecular weight excluding hydrogens is 172 g/mol. The summed E-state index contributed by atoms with van der Waals surface area (Å²) in [4.78, 5) is 0. The van der Waals surface area contributed by atoms with Crippen molar-refractivity contribution >= 4 is 0 Å². The molecule has 0 bridgehead atoms. The summed E-state index contributed by atoms with van der Waals surface area (Å²) in [6.07, 6.45) is 12.9. The average molecular weight is 188 g/mol. The molecule has 1 aliphatic rings. The van der Waals surface area contributed by atoms with Crippen LogP contribution in [-0.4, -0.2) is 9.78 Å². The first kappa shape index (κ1) is 9.25. The third-order valence-electron chi connectivity index (χ3n) is 2.64. The van der Waals surface area contributed by atoms with Crippen LogP contribution in [0.2, 0.25) is 0 Å². The van der Waals surface area contributed by atoms with Gasteiger partial charge >= 0.3 is 0 Å². The molecule has 0 radical (unpaired) electrons. The molecule has 0 amide bonds. The summed E-state index contributed by atoms with van der Waals surface area (Å²) in [7, 11) is 0. The van der Waals surface area contributed by atoms with Crippen LogP contribution < -0.4 is 0 Å². The Labute approximate surface area is 84.9 Å². The maximum Gasteiger partial charge on any atom is 0.0492 e. The number of rotatable bonds is 3. The maximum atomic E-state index is 4.27. The minimum atomic E-state index is 0.655. The van der Waals surface area contributed by atoms with E-state index in [1.807, 2.05) is 6.20 Å². The standard InChI is InChI=1S/C12H16N2/c1-2-14-12(8-9-13-14)10-11-6-4-3-5-7-11/h3-6,8-9,11H,2,7,10H2,1H3. The van der Waals surface area contributed by atoms with E-state index in [0.717, 1.165) is 19.4 Å². The Balaban J connectivity index is 2.03. The summed E-state index contributed by atoms with van der Waals surface area (Å²) in [5.41, 5.74) is 1.34. The first-order chi connectivity index (χ1) is 6.90. The predicted molar refractivity (Wildman–Crippen MR) is 58.0 cm³/mol. The van der Waals surface area contributed by atoms with Gasteiger partial charge in [-0.3, -0.25) is 4.68 Å². The number of aryl methyl sites for hydroxylation is 1. The van der Waals surface area contributed by atoms with E-state index in [2.05, 4.69) is 47.1 Å². The Morgan fingerprint density at radius 2 is 2.43 bits per heavy atom. The predicted octanol–water partition coefficient (Wildman–Crippen LogP) is 2.58. The van der Waals surface area contributed by atoms with Crippen molar-refractivity contribution in [3.63, 3.8) is 0 Å². The summed E-state index contributed by atoms with van der Waals surface area (Å²) < 4.78 is 2.08. The van der Waals surface area contributed by atoms with Crippen molar-refractivity contribution in [2.45, 2.75) is 26.3 Å². The molecule has 1 heterocycles. The monoisotopic (exact) mass is 188 g/mol. The molecule has 1 aromatic heterocycles. The van der Waals surface area contributed by atoms with Crippen molar-refractivity contribution in [3.8, 4) is 0 Å². The van der Waals surface area contributed by atoms with Crippen molar-refractivity contribution in [3.05, 3.63) is 42.3 Å². The van der Waals surface area contributed by atoms with Crippen molar-refractivity contribution in [1.82, 2.24) is 9.78 Å². The molecule has 0 fully saturated rings. The minimum Gasteiger partial charge on any atom is -0.270 e. The van der Waals surface area contributed by atoms with Crippen LogP contribution in [0.25, 0.3) is 0 Å². The molecular formula is C12H16N2. The zero-order chi connectivity index (χ0) is 9.80. The second-order valence-electron chi connectivity index (χ2n) is 3.65. The van der Waals surface area contributed by atoms with Gasteiger partial charge in [-0.2, -0.15) is 5.10 Å². The lowest BCUT2D eigenvalue weighted by Crippen LogP contribution is -2.08. The third-order valence-corrected chi connectivity index (χ3v) is 2.64. The Bertz CT molecular complexity index is 347. The van der Waals surface area contributed by atoms with Gasteiger partial charge < -0.3 is 0 Å². The number of allylic oxidation sites excluding steroid dienone is 4. The highest BCUT2D eigenvalue weighted by atomic mass is 15.3. The molecule has 74 valence electrons. The second kappa shape index (κ2) is 4.27. The van der Waals surface area contributed by atoms with Gasteiger partial charge in [-0.25, -0.2) is 0 Å². The van der Waals surface area contributed by atoms with Crippen molar-refractivity contribution in [2.24, 2.45) is 5.92 Å². The highest BCUT2D eigenvalue weighted by Gasteiger charge is 2.09. The van der Waals surface area contributed by atoms with Crippen LogP contribution in [0.5, 0.6) is 0 Å². The van der Waals surface area contributed by atoms with Crippen LogP contribution in [0.15, 0.2) is 36.6 Å². The van der Waals surface area contributed by atoms with Gasteiger partial charge in [0.05, 0.1) is 0 Å². The fourth-order valence-corrected chi connectivity index (χ4v) is 1.87. The smallest absolute Gasteiger partial charge is 0.0492 e. The lowest BCUT2D eigenvalue weighted by Gasteiger charge is -2.13. The number of hydrogen-bond acceptors (Lipinski definition) is 1. The van der Waals surface area contributed by atoms with E-state index in [1.54, 1.807) is 0 Å². The molecule has 2 heteroatoms. The molecule has 14 heavy (non-hydrogen) atoms. The van der Waals surface area contributed by atoms with E-state index in [9.17, 15) is 0 Å². The van der Waals surface area contributed by atoms with Crippen LogP contribution in [-0.2, 0) is 13.0 Å². The lowest BCUT2D eigenvalue weighted by molar-refractivity contribution is 0.567. The van der Waals surface area contributed by atoms with Crippen molar-refractivity contribution in [1.29, 1.82) is 0 Å². The average Bonchev–Trinajstić information content (AvgIpc) is 2.67. The fraction of sp³-hybridized carbons (Fsp3) is 0.417. The molecule has 0 saturated carbocycles. The molecule has 2 nitrogen and oxygen atoms in total. The normalized spacial score (nSPS) is 20.2. The van der Waals surface area contributed by atoms with Crippen LogP contribution in [0.4, 0.5) is 0 Å². The molecule has 0 N–H and O–H groups in total. The molecule has 0 saturated heterocycles. The maximum absolute atomic E-state index is 4.27. The highest BCUT2D eigenvalue weighted by molar-refractivity contribution is 5.14. The quantitative estimate of drug-likeness (QED) is 0.713. The zero-order valence-electron chi connectivity index (χ0n) is 8.56. The van der Waals surface area contributed by atoms with Gasteiger partial charge in [-0.1, -0.05) is 24.3 Å². The Morgan fingerprint density at radius 1 is 1.50 bits per heavy atom. The SMILES string of the molecule is CCn1nccc1CC1C=CC=CC1. The van der Waals surface area contributed by atoms with Crippen molar-refractivity contribution in [2.75, 3.05) is 0 Å². The molecule has 1 aromatic rings. The Morgan fingerprint density at radius 3 is 3.14 bits per heavy atom. The van der Waals surface area contributed by atoms with Crippen LogP contribution in [0, 0.1) is 5.92 Å². The highest BCUT2D eigenvalue weighted by Crippen LogP contribution is 2.17. The molecule has 0 spiro atoms. The van der Waals surface area contributed by atoms with E-state index in [-0.39, 0.29) is 0 Å². The first-order valence-electron chi connectivity index (χ1n) is 5.24. The van der Waals surface area contributed by atoms with E-state index in [4.69, 9.17) is 0 Å².